The van der Waals surface area contributed by atoms with Gasteiger partial charge in [0, 0.05) is 24.6 Å². The van der Waals surface area contributed by atoms with Crippen LogP contribution in [0.3, 0.4) is 0 Å². The van der Waals surface area contributed by atoms with Crippen molar-refractivity contribution in [3.63, 3.8) is 0 Å². The van der Waals surface area contributed by atoms with Gasteiger partial charge in [-0.15, -0.1) is 0 Å². The van der Waals surface area contributed by atoms with Gasteiger partial charge in [0.15, 0.2) is 0 Å². The molecule has 140 valence electrons. The van der Waals surface area contributed by atoms with Crippen LogP contribution in [0.15, 0.2) is 54.6 Å². The molecule has 1 aliphatic heterocycles. The maximum atomic E-state index is 12.5. The molecule has 0 saturated carbocycles. The van der Waals surface area contributed by atoms with Gasteiger partial charge in [0.25, 0.3) is 0 Å². The van der Waals surface area contributed by atoms with Crippen molar-refractivity contribution in [1.82, 2.24) is 4.90 Å². The third-order valence-electron chi connectivity index (χ3n) is 4.85. The van der Waals surface area contributed by atoms with Crippen molar-refractivity contribution < 1.29 is 14.4 Å². The number of amides is 3. The van der Waals surface area contributed by atoms with E-state index in [1.54, 1.807) is 31.2 Å². The van der Waals surface area contributed by atoms with Crippen molar-refractivity contribution in [1.29, 1.82) is 0 Å². The number of carbonyl (C=O) groups excluding carboxylic acids is 3. The Bertz CT molecular complexity index is 818. The number of imide groups is 1. The van der Waals surface area contributed by atoms with E-state index in [9.17, 15) is 14.4 Å². The lowest BCUT2D eigenvalue weighted by Crippen LogP contribution is -2.30. The maximum Gasteiger partial charge on any atom is 0.229 e. The lowest BCUT2D eigenvalue weighted by Gasteiger charge is -2.20. The molecule has 3 N–H and O–H groups in total. The molecule has 6 heteroatoms. The minimum Gasteiger partial charge on any atom is -0.326 e. The Hall–Kier alpha value is -2.99. The molecule has 6 nitrogen and oxygen atoms in total. The van der Waals surface area contributed by atoms with Crippen molar-refractivity contribution in [2.75, 3.05) is 5.32 Å². The van der Waals surface area contributed by atoms with Gasteiger partial charge in [-0.2, -0.15) is 0 Å². The molecule has 0 bridgehead atoms. The van der Waals surface area contributed by atoms with Crippen molar-refractivity contribution in [3.8, 4) is 0 Å². The first-order valence-electron chi connectivity index (χ1n) is 8.99. The van der Waals surface area contributed by atoms with Gasteiger partial charge in [-0.1, -0.05) is 49.4 Å². The average molecular weight is 365 g/mol. The van der Waals surface area contributed by atoms with Gasteiger partial charge < -0.3 is 11.1 Å². The molecule has 2 aromatic rings. The number of anilines is 1. The van der Waals surface area contributed by atoms with E-state index in [4.69, 9.17) is 5.73 Å². The topological polar surface area (TPSA) is 92.5 Å². The van der Waals surface area contributed by atoms with Crippen molar-refractivity contribution in [2.45, 2.75) is 32.4 Å². The zero-order valence-electron chi connectivity index (χ0n) is 15.2. The zero-order valence-corrected chi connectivity index (χ0v) is 15.2. The van der Waals surface area contributed by atoms with Crippen LogP contribution in [0.1, 0.15) is 36.9 Å². The summed E-state index contributed by atoms with van der Waals surface area (Å²) in [6.45, 7) is 2.06. The van der Waals surface area contributed by atoms with Crippen molar-refractivity contribution >= 4 is 23.4 Å². The molecular weight excluding hydrogens is 342 g/mol. The largest absolute Gasteiger partial charge is 0.326 e. The number of nitrogens with two attached hydrogens (primary N) is 1. The summed E-state index contributed by atoms with van der Waals surface area (Å²) in [5, 5.41) is 2.86. The number of rotatable bonds is 6. The Labute approximate surface area is 158 Å². The van der Waals surface area contributed by atoms with Crippen LogP contribution in [-0.2, 0) is 20.9 Å². The van der Waals surface area contributed by atoms with E-state index in [1.807, 2.05) is 30.3 Å². The van der Waals surface area contributed by atoms with Gasteiger partial charge in [0.05, 0.1) is 12.5 Å². The monoisotopic (exact) mass is 365 g/mol. The molecule has 2 aromatic carbocycles. The highest BCUT2D eigenvalue weighted by Gasteiger charge is 2.28. The van der Waals surface area contributed by atoms with E-state index in [-0.39, 0.29) is 37.1 Å². The number of hydrogen-bond acceptors (Lipinski definition) is 4. The van der Waals surface area contributed by atoms with Crippen LogP contribution in [0.2, 0.25) is 0 Å². The van der Waals surface area contributed by atoms with Gasteiger partial charge in [-0.05, 0) is 23.3 Å². The Morgan fingerprint density at radius 2 is 1.63 bits per heavy atom. The highest BCUT2D eigenvalue weighted by Crippen LogP contribution is 2.22. The molecule has 1 heterocycles. The first kappa shape index (κ1) is 18.8. The summed E-state index contributed by atoms with van der Waals surface area (Å²) in [5.41, 5.74) is 8.60. The van der Waals surface area contributed by atoms with E-state index >= 15 is 0 Å². The van der Waals surface area contributed by atoms with Gasteiger partial charge in [0.1, 0.15) is 0 Å². The minimum atomic E-state index is -0.396. The number of benzene rings is 2. The van der Waals surface area contributed by atoms with E-state index in [0.717, 1.165) is 11.1 Å². The van der Waals surface area contributed by atoms with Gasteiger partial charge >= 0.3 is 0 Å². The average Bonchev–Trinajstić information content (AvgIpc) is 3.01. The number of carbonyl (C=O) groups is 3. The van der Waals surface area contributed by atoms with E-state index in [0.29, 0.717) is 5.69 Å². The third kappa shape index (κ3) is 4.41. The second-order valence-electron chi connectivity index (χ2n) is 6.78. The van der Waals surface area contributed by atoms with Crippen LogP contribution >= 0.6 is 0 Å². The smallest absolute Gasteiger partial charge is 0.229 e. The SMILES string of the molecule is CC(C(=O)Nc1ccc(CN2C(=O)CCC2=O)cc1)C(N)c1ccccc1. The molecular formula is C21H23N3O3. The second kappa shape index (κ2) is 8.14. The molecule has 3 rings (SSSR count). The molecule has 0 aliphatic carbocycles. The summed E-state index contributed by atoms with van der Waals surface area (Å²) >= 11 is 0. The standard InChI is InChI=1S/C21H23N3O3/c1-14(20(22)16-5-3-2-4-6-16)21(27)23-17-9-7-15(8-10-17)13-24-18(25)11-12-19(24)26/h2-10,14,20H,11-13,22H2,1H3,(H,23,27). The normalized spacial score (nSPS) is 16.3. The molecule has 0 spiro atoms. The Morgan fingerprint density at radius 3 is 2.22 bits per heavy atom. The molecule has 2 atom stereocenters. The first-order valence-corrected chi connectivity index (χ1v) is 8.99. The summed E-state index contributed by atoms with van der Waals surface area (Å²) in [6, 6.07) is 16.3. The predicted octanol–water partition coefficient (Wildman–Crippen LogP) is 2.61. The molecule has 0 radical (unpaired) electrons. The number of hydrogen-bond donors (Lipinski definition) is 2. The summed E-state index contributed by atoms with van der Waals surface area (Å²) < 4.78 is 0. The van der Waals surface area contributed by atoms with E-state index in [1.165, 1.54) is 4.90 Å². The predicted molar refractivity (Wildman–Crippen MR) is 102 cm³/mol. The maximum absolute atomic E-state index is 12.5. The fraction of sp³-hybridized carbons (Fsp3) is 0.286. The second-order valence-corrected chi connectivity index (χ2v) is 6.78. The van der Waals surface area contributed by atoms with Gasteiger partial charge in [-0.3, -0.25) is 19.3 Å². The van der Waals surface area contributed by atoms with Gasteiger partial charge in [0.2, 0.25) is 17.7 Å². The van der Waals surface area contributed by atoms with Crippen molar-refractivity contribution in [3.05, 3.63) is 65.7 Å². The fourth-order valence-electron chi connectivity index (χ4n) is 3.06. The summed E-state index contributed by atoms with van der Waals surface area (Å²) in [6.07, 6.45) is 0.569. The van der Waals surface area contributed by atoms with E-state index in [2.05, 4.69) is 5.32 Å². The van der Waals surface area contributed by atoms with Crippen molar-refractivity contribution in [2.24, 2.45) is 11.7 Å². The van der Waals surface area contributed by atoms with Crippen LogP contribution < -0.4 is 11.1 Å². The van der Waals surface area contributed by atoms with E-state index < -0.39 is 12.0 Å². The molecule has 3 amide bonds. The summed E-state index contributed by atoms with van der Waals surface area (Å²) in [5.74, 6) is -0.835. The Balaban J connectivity index is 1.60. The molecule has 0 aromatic heterocycles. The molecule has 1 aliphatic rings. The molecule has 1 saturated heterocycles. The van der Waals surface area contributed by atoms with Crippen LogP contribution in [0, 0.1) is 5.92 Å². The number of nitrogens with one attached hydrogen (secondary N) is 1. The lowest BCUT2D eigenvalue weighted by atomic mass is 9.94. The first-order chi connectivity index (χ1) is 13.0. The number of likely N-dealkylation sites (tertiary alicyclic amines) is 1. The molecule has 27 heavy (non-hydrogen) atoms. The third-order valence-corrected chi connectivity index (χ3v) is 4.85. The Morgan fingerprint density at radius 1 is 1.04 bits per heavy atom. The summed E-state index contributed by atoms with van der Waals surface area (Å²) in [7, 11) is 0. The molecule has 2 unspecified atom stereocenters. The fourth-order valence-corrected chi connectivity index (χ4v) is 3.06. The van der Waals surface area contributed by atoms with Crippen LogP contribution in [0.4, 0.5) is 5.69 Å². The van der Waals surface area contributed by atoms with Crippen LogP contribution in [0.5, 0.6) is 0 Å². The lowest BCUT2D eigenvalue weighted by molar-refractivity contribution is -0.139. The Kier molecular flexibility index (Phi) is 5.66. The molecule has 1 fully saturated rings. The number of nitrogens with zero attached hydrogens (tertiary/aromatic N) is 1. The minimum absolute atomic E-state index is 0.138. The zero-order chi connectivity index (χ0) is 19.4. The quantitative estimate of drug-likeness (QED) is 0.770. The summed E-state index contributed by atoms with van der Waals surface area (Å²) in [4.78, 5) is 37.1. The van der Waals surface area contributed by atoms with Gasteiger partial charge in [-0.25, -0.2) is 0 Å². The highest BCUT2D eigenvalue weighted by molar-refractivity contribution is 6.01. The van der Waals surface area contributed by atoms with Crippen LogP contribution in [-0.4, -0.2) is 22.6 Å². The highest BCUT2D eigenvalue weighted by atomic mass is 16.2. The van der Waals surface area contributed by atoms with Crippen LogP contribution in [0.25, 0.3) is 0 Å².